The minimum Gasteiger partial charge on any atom is -0.507 e. The Kier molecular flexibility index (Phi) is 8.07. The number of nitrogens with zero attached hydrogens (tertiary/aromatic N) is 7. The fourth-order valence-electron chi connectivity index (χ4n) is 5.95. The van der Waals surface area contributed by atoms with Gasteiger partial charge in [-0.3, -0.25) is 19.1 Å². The number of anilines is 1. The number of carbonyl (C=O) groups is 2. The fourth-order valence-corrected chi connectivity index (χ4v) is 5.95. The van der Waals surface area contributed by atoms with E-state index in [2.05, 4.69) is 28.1 Å². The van der Waals surface area contributed by atoms with Crippen molar-refractivity contribution >= 4 is 29.2 Å². The van der Waals surface area contributed by atoms with Crippen LogP contribution in [0.25, 0.3) is 39.5 Å². The molecule has 6 aromatic rings. The van der Waals surface area contributed by atoms with Gasteiger partial charge in [0.25, 0.3) is 5.91 Å². The van der Waals surface area contributed by atoms with Crippen LogP contribution in [0.15, 0.2) is 97.2 Å². The number of imidazole rings is 1. The normalized spacial score (nSPS) is 13.4. The van der Waals surface area contributed by atoms with Gasteiger partial charge in [0.05, 0.1) is 28.5 Å². The number of phenols is 1. The van der Waals surface area contributed by atoms with Crippen LogP contribution in [-0.4, -0.2) is 72.8 Å². The van der Waals surface area contributed by atoms with Crippen molar-refractivity contribution < 1.29 is 14.7 Å². The molecule has 0 atom stereocenters. The molecule has 1 aliphatic rings. The minimum atomic E-state index is -0.157. The zero-order chi connectivity index (χ0) is 33.2. The van der Waals surface area contributed by atoms with Crippen LogP contribution < -0.4 is 5.73 Å². The number of aldehydes is 1. The Hall–Kier alpha value is -6.38. The summed E-state index contributed by atoms with van der Waals surface area (Å²) in [7, 11) is 0. The maximum absolute atomic E-state index is 13.0. The van der Waals surface area contributed by atoms with Crippen LogP contribution in [0.5, 0.6) is 5.75 Å². The van der Waals surface area contributed by atoms with Gasteiger partial charge in [0.15, 0.2) is 17.8 Å². The van der Waals surface area contributed by atoms with Gasteiger partial charge in [0, 0.05) is 55.7 Å². The number of rotatable bonds is 7. The van der Waals surface area contributed by atoms with Crippen molar-refractivity contribution in [3.05, 3.63) is 119 Å². The largest absolute Gasteiger partial charge is 0.507 e. The molecule has 1 amide bonds. The summed E-state index contributed by atoms with van der Waals surface area (Å²) in [5.41, 5.74) is 13.1. The van der Waals surface area contributed by atoms with Crippen LogP contribution >= 0.6 is 0 Å². The number of phenolic OH excluding ortho intramolecular Hbond substituents is 1. The number of hydrogen-bond donors (Lipinski definition) is 2. The van der Waals surface area contributed by atoms with Gasteiger partial charge in [-0.05, 0) is 72.3 Å². The molecule has 3 N–H and O–H groups in total. The number of nitrogen functional groups attached to an aromatic ring is 1. The van der Waals surface area contributed by atoms with Crippen LogP contribution in [0.2, 0.25) is 0 Å². The highest BCUT2D eigenvalue weighted by atomic mass is 16.3. The number of carbonyl (C=O) groups excluding carboxylic acids is 2. The number of nitrogens with two attached hydrogens (primary N) is 1. The standard InChI is InChI=1S/C37H30N8O3/c38-21-24-3-7-26(8-4-24)31-12-13-32-36(41-31)45(35(42-32)30-2-1-15-40-34(30)39)29-10-5-25(6-11-29)22-43-16-18-44(19-17-43)37(48)27-9-14-33(47)28(20-27)23-46/h1-15,20,23,47H,16-19,22H2,(H2,39,40). The number of fused-ring (bicyclic) bond motifs is 1. The quantitative estimate of drug-likeness (QED) is 0.229. The van der Waals surface area contributed by atoms with E-state index in [4.69, 9.17) is 15.7 Å². The highest BCUT2D eigenvalue weighted by Gasteiger charge is 2.23. The van der Waals surface area contributed by atoms with E-state index in [0.717, 1.165) is 22.5 Å². The number of benzene rings is 3. The molecule has 0 unspecified atom stereocenters. The van der Waals surface area contributed by atoms with Crippen molar-refractivity contribution in [1.29, 1.82) is 5.26 Å². The van der Waals surface area contributed by atoms with Gasteiger partial charge in [0.2, 0.25) is 0 Å². The lowest BCUT2D eigenvalue weighted by Crippen LogP contribution is -2.48. The monoisotopic (exact) mass is 634 g/mol. The molecule has 0 radical (unpaired) electrons. The minimum absolute atomic E-state index is 0.102. The van der Waals surface area contributed by atoms with E-state index < -0.39 is 0 Å². The predicted octanol–water partition coefficient (Wildman–Crippen LogP) is 5.08. The topological polar surface area (TPSA) is 154 Å². The van der Waals surface area contributed by atoms with Crippen LogP contribution in [-0.2, 0) is 6.54 Å². The Bertz CT molecular complexity index is 2200. The number of hydrogen-bond acceptors (Lipinski definition) is 9. The van der Waals surface area contributed by atoms with Gasteiger partial charge in [-0.25, -0.2) is 15.0 Å². The van der Waals surface area contributed by atoms with Crippen molar-refractivity contribution in [1.82, 2.24) is 29.3 Å². The van der Waals surface area contributed by atoms with Crippen molar-refractivity contribution in [2.24, 2.45) is 0 Å². The molecule has 11 heteroatoms. The molecule has 0 spiro atoms. The molecular weight excluding hydrogens is 604 g/mol. The number of aromatic hydroxyl groups is 1. The van der Waals surface area contributed by atoms with Crippen molar-refractivity contribution in [3.8, 4) is 40.2 Å². The zero-order valence-corrected chi connectivity index (χ0v) is 25.8. The van der Waals surface area contributed by atoms with Crippen molar-refractivity contribution in [2.45, 2.75) is 6.54 Å². The van der Waals surface area contributed by atoms with E-state index in [1.54, 1.807) is 29.3 Å². The third-order valence-corrected chi connectivity index (χ3v) is 8.56. The Balaban J connectivity index is 1.13. The van der Waals surface area contributed by atoms with Gasteiger partial charge >= 0.3 is 0 Å². The number of pyridine rings is 2. The van der Waals surface area contributed by atoms with E-state index in [1.807, 2.05) is 53.1 Å². The van der Waals surface area contributed by atoms with E-state index in [9.17, 15) is 20.0 Å². The molecule has 0 saturated carbocycles. The van der Waals surface area contributed by atoms with E-state index >= 15 is 0 Å². The number of nitriles is 1. The van der Waals surface area contributed by atoms with Crippen molar-refractivity contribution in [3.63, 3.8) is 0 Å². The summed E-state index contributed by atoms with van der Waals surface area (Å²) in [4.78, 5) is 42.5. The first kappa shape index (κ1) is 30.3. The number of aromatic nitrogens is 4. The average molecular weight is 635 g/mol. The van der Waals surface area contributed by atoms with Gasteiger partial charge in [-0.15, -0.1) is 0 Å². The van der Waals surface area contributed by atoms with Crippen molar-refractivity contribution in [2.75, 3.05) is 31.9 Å². The summed E-state index contributed by atoms with van der Waals surface area (Å²) in [6, 6.07) is 29.6. The summed E-state index contributed by atoms with van der Waals surface area (Å²) < 4.78 is 1.99. The Labute approximate surface area is 276 Å². The second kappa shape index (κ2) is 12.8. The summed E-state index contributed by atoms with van der Waals surface area (Å²) in [6.07, 6.45) is 2.19. The van der Waals surface area contributed by atoms with Gasteiger partial charge in [0.1, 0.15) is 17.1 Å². The lowest BCUT2D eigenvalue weighted by molar-refractivity contribution is 0.0628. The maximum Gasteiger partial charge on any atom is 0.253 e. The van der Waals surface area contributed by atoms with Crippen LogP contribution in [0.4, 0.5) is 5.82 Å². The molecule has 1 fully saturated rings. The third kappa shape index (κ3) is 5.84. The summed E-state index contributed by atoms with van der Waals surface area (Å²) in [5.74, 6) is 0.698. The van der Waals surface area contributed by atoms with Gasteiger partial charge < -0.3 is 15.7 Å². The second-order valence-electron chi connectivity index (χ2n) is 11.6. The first-order chi connectivity index (χ1) is 23.4. The van der Waals surface area contributed by atoms with E-state index in [1.165, 1.54) is 12.1 Å². The molecule has 1 aliphatic heterocycles. The number of piperazine rings is 1. The summed E-state index contributed by atoms with van der Waals surface area (Å²) in [6.45, 7) is 3.22. The van der Waals surface area contributed by atoms with Crippen LogP contribution in [0.3, 0.4) is 0 Å². The molecular formula is C37H30N8O3. The predicted molar refractivity (Wildman–Crippen MR) is 181 cm³/mol. The highest BCUT2D eigenvalue weighted by Crippen LogP contribution is 2.32. The van der Waals surface area contributed by atoms with E-state index in [-0.39, 0.29) is 17.2 Å². The molecule has 236 valence electrons. The molecule has 3 aromatic carbocycles. The third-order valence-electron chi connectivity index (χ3n) is 8.56. The summed E-state index contributed by atoms with van der Waals surface area (Å²) in [5, 5.41) is 19.0. The average Bonchev–Trinajstić information content (AvgIpc) is 3.51. The zero-order valence-electron chi connectivity index (χ0n) is 25.8. The molecule has 11 nitrogen and oxygen atoms in total. The Morgan fingerprint density at radius 2 is 1.71 bits per heavy atom. The van der Waals surface area contributed by atoms with E-state index in [0.29, 0.717) is 78.5 Å². The number of amides is 1. The molecule has 7 rings (SSSR count). The molecule has 0 aliphatic carbocycles. The summed E-state index contributed by atoms with van der Waals surface area (Å²) >= 11 is 0. The lowest BCUT2D eigenvalue weighted by Gasteiger charge is -2.35. The smallest absolute Gasteiger partial charge is 0.253 e. The first-order valence-corrected chi connectivity index (χ1v) is 15.4. The van der Waals surface area contributed by atoms with Crippen LogP contribution in [0, 0.1) is 11.3 Å². The maximum atomic E-state index is 13.0. The molecule has 4 heterocycles. The first-order valence-electron chi connectivity index (χ1n) is 15.4. The van der Waals surface area contributed by atoms with Gasteiger partial charge in [-0.1, -0.05) is 24.3 Å². The fraction of sp³-hybridized carbons (Fsp3) is 0.135. The molecule has 1 saturated heterocycles. The lowest BCUT2D eigenvalue weighted by atomic mass is 10.1. The molecule has 0 bridgehead atoms. The SMILES string of the molecule is N#Cc1ccc(-c2ccc3nc(-c4cccnc4N)n(-c4ccc(CN5CCN(C(=O)c6ccc(O)c(C=O)c6)CC5)cc4)c3n2)cc1. The van der Waals surface area contributed by atoms with Gasteiger partial charge in [-0.2, -0.15) is 5.26 Å². The highest BCUT2D eigenvalue weighted by molar-refractivity contribution is 5.96. The molecule has 48 heavy (non-hydrogen) atoms. The Morgan fingerprint density at radius 1 is 0.938 bits per heavy atom. The van der Waals surface area contributed by atoms with Crippen LogP contribution in [0.1, 0.15) is 31.8 Å². The molecule has 3 aromatic heterocycles. The Morgan fingerprint density at radius 3 is 2.42 bits per heavy atom. The second-order valence-corrected chi connectivity index (χ2v) is 11.6.